The van der Waals surface area contributed by atoms with Crippen molar-refractivity contribution in [1.82, 2.24) is 4.98 Å². The van der Waals surface area contributed by atoms with Crippen molar-refractivity contribution < 1.29 is 0 Å². The Balaban J connectivity index is 0.00000242. The topological polar surface area (TPSA) is 51.3 Å². The van der Waals surface area contributed by atoms with Crippen LogP contribution in [0.15, 0.2) is 40.7 Å². The molecule has 0 saturated heterocycles. The molecular weight excluding hydrogens is 334 g/mol. The molecule has 3 nitrogen and oxygen atoms in total. The highest BCUT2D eigenvalue weighted by Crippen LogP contribution is 2.19. The molecule has 2 rings (SSSR count). The lowest BCUT2D eigenvalue weighted by Crippen LogP contribution is -2.17. The molecule has 0 unspecified atom stereocenters. The first-order chi connectivity index (χ1) is 9.92. The van der Waals surface area contributed by atoms with Crippen LogP contribution in [0.1, 0.15) is 37.0 Å². The average molecular weight is 356 g/mol. The molecule has 2 aromatic rings. The first kappa shape index (κ1) is 19.0. The maximum absolute atomic E-state index is 5.93. The number of hydrogen-bond donors (Lipinski definition) is 1. The molecule has 1 heterocycles. The molecule has 6 heteroatoms. The van der Waals surface area contributed by atoms with E-state index in [0.29, 0.717) is 5.17 Å². The van der Waals surface area contributed by atoms with Gasteiger partial charge >= 0.3 is 0 Å². The Morgan fingerprint density at radius 1 is 1.27 bits per heavy atom. The number of thiazole rings is 1. The molecule has 0 aliphatic heterocycles. The predicted molar refractivity (Wildman–Crippen MR) is 101 cm³/mol. The molecule has 120 valence electrons. The SMILES string of the molecule is CC(C)(C)N=C(N)SCc1csc(Cc2ccccc2)n1.Cl. The van der Waals surface area contributed by atoms with Crippen LogP contribution in [0.4, 0.5) is 0 Å². The zero-order valence-corrected chi connectivity index (χ0v) is 15.5. The average Bonchev–Trinajstić information content (AvgIpc) is 2.83. The monoisotopic (exact) mass is 355 g/mol. The summed E-state index contributed by atoms with van der Waals surface area (Å²) in [4.78, 5) is 9.09. The Labute approximate surface area is 146 Å². The summed E-state index contributed by atoms with van der Waals surface area (Å²) < 4.78 is 0. The van der Waals surface area contributed by atoms with E-state index in [1.54, 1.807) is 23.1 Å². The van der Waals surface area contributed by atoms with Gasteiger partial charge in [0.2, 0.25) is 0 Å². The lowest BCUT2D eigenvalue weighted by Gasteiger charge is -2.12. The number of aliphatic imine (C=N–C) groups is 1. The largest absolute Gasteiger partial charge is 0.379 e. The van der Waals surface area contributed by atoms with E-state index >= 15 is 0 Å². The third-order valence-electron chi connectivity index (χ3n) is 2.61. The second-order valence-electron chi connectivity index (χ2n) is 5.80. The van der Waals surface area contributed by atoms with E-state index in [1.807, 2.05) is 26.8 Å². The molecular formula is C16H22ClN3S2. The molecule has 0 aliphatic rings. The quantitative estimate of drug-likeness (QED) is 0.648. The highest BCUT2D eigenvalue weighted by atomic mass is 35.5. The number of nitrogens with two attached hydrogens (primary N) is 1. The van der Waals surface area contributed by atoms with Gasteiger partial charge in [0, 0.05) is 17.6 Å². The van der Waals surface area contributed by atoms with Crippen molar-refractivity contribution in [2.75, 3.05) is 0 Å². The van der Waals surface area contributed by atoms with Crippen LogP contribution in [0.25, 0.3) is 0 Å². The summed E-state index contributed by atoms with van der Waals surface area (Å²) in [6.45, 7) is 6.13. The Hall–Kier alpha value is -1.04. The number of amidine groups is 1. The van der Waals surface area contributed by atoms with Gasteiger partial charge in [-0.05, 0) is 26.3 Å². The van der Waals surface area contributed by atoms with E-state index in [1.165, 1.54) is 5.56 Å². The van der Waals surface area contributed by atoms with Gasteiger partial charge in [-0.15, -0.1) is 23.7 Å². The molecule has 0 aliphatic carbocycles. The summed E-state index contributed by atoms with van der Waals surface area (Å²) in [5.74, 6) is 0.775. The lowest BCUT2D eigenvalue weighted by molar-refractivity contribution is 0.585. The second-order valence-corrected chi connectivity index (χ2v) is 7.74. The number of thioether (sulfide) groups is 1. The first-order valence-corrected chi connectivity index (χ1v) is 8.74. The molecule has 0 amide bonds. The Morgan fingerprint density at radius 2 is 1.95 bits per heavy atom. The van der Waals surface area contributed by atoms with E-state index in [0.717, 1.165) is 22.9 Å². The van der Waals surface area contributed by atoms with E-state index < -0.39 is 0 Å². The van der Waals surface area contributed by atoms with Crippen LogP contribution in [0.2, 0.25) is 0 Å². The molecule has 22 heavy (non-hydrogen) atoms. The van der Waals surface area contributed by atoms with Gasteiger partial charge in [0.05, 0.1) is 16.2 Å². The van der Waals surface area contributed by atoms with Gasteiger partial charge in [0.15, 0.2) is 5.17 Å². The maximum atomic E-state index is 5.93. The third-order valence-corrected chi connectivity index (χ3v) is 4.34. The minimum Gasteiger partial charge on any atom is -0.379 e. The normalized spacial score (nSPS) is 12.0. The van der Waals surface area contributed by atoms with Gasteiger partial charge in [0.25, 0.3) is 0 Å². The maximum Gasteiger partial charge on any atom is 0.154 e. The molecule has 0 spiro atoms. The zero-order chi connectivity index (χ0) is 15.3. The summed E-state index contributed by atoms with van der Waals surface area (Å²) in [5.41, 5.74) is 8.16. The predicted octanol–water partition coefficient (Wildman–Crippen LogP) is 4.50. The number of hydrogen-bond acceptors (Lipinski definition) is 4. The molecule has 1 aromatic heterocycles. The minimum atomic E-state index is -0.127. The molecule has 0 radical (unpaired) electrons. The Kier molecular flexibility index (Phi) is 7.39. The van der Waals surface area contributed by atoms with Crippen LogP contribution < -0.4 is 5.73 Å². The molecule has 0 saturated carbocycles. The fourth-order valence-corrected chi connectivity index (χ4v) is 3.49. The summed E-state index contributed by atoms with van der Waals surface area (Å²) in [5, 5.41) is 3.87. The van der Waals surface area contributed by atoms with Gasteiger partial charge in [0.1, 0.15) is 0 Å². The molecule has 1 aromatic carbocycles. The summed E-state index contributed by atoms with van der Waals surface area (Å²) in [7, 11) is 0. The van der Waals surface area contributed by atoms with E-state index in [2.05, 4.69) is 39.6 Å². The second kappa shape index (κ2) is 8.56. The summed E-state index contributed by atoms with van der Waals surface area (Å²) in [6, 6.07) is 10.4. The highest BCUT2D eigenvalue weighted by molar-refractivity contribution is 8.13. The van der Waals surface area contributed by atoms with Crippen LogP contribution in [-0.4, -0.2) is 15.7 Å². The summed E-state index contributed by atoms with van der Waals surface area (Å²) in [6.07, 6.45) is 0.891. The summed E-state index contributed by atoms with van der Waals surface area (Å²) >= 11 is 3.25. The van der Waals surface area contributed by atoms with Crippen molar-refractivity contribution in [3.05, 3.63) is 52.0 Å². The van der Waals surface area contributed by atoms with Gasteiger partial charge in [-0.25, -0.2) is 4.98 Å². The first-order valence-electron chi connectivity index (χ1n) is 6.88. The van der Waals surface area contributed by atoms with Crippen LogP contribution in [0, 0.1) is 0 Å². The van der Waals surface area contributed by atoms with Crippen molar-refractivity contribution in [3.8, 4) is 0 Å². The third kappa shape index (κ3) is 6.81. The molecule has 0 atom stereocenters. The van der Waals surface area contributed by atoms with Crippen LogP contribution in [-0.2, 0) is 12.2 Å². The van der Waals surface area contributed by atoms with Crippen molar-refractivity contribution in [1.29, 1.82) is 0 Å². The number of nitrogens with zero attached hydrogens (tertiary/aromatic N) is 2. The van der Waals surface area contributed by atoms with E-state index in [9.17, 15) is 0 Å². The van der Waals surface area contributed by atoms with Gasteiger partial charge < -0.3 is 5.73 Å². The molecule has 0 bridgehead atoms. The highest BCUT2D eigenvalue weighted by Gasteiger charge is 2.09. The van der Waals surface area contributed by atoms with Gasteiger partial charge in [-0.3, -0.25) is 4.99 Å². The van der Waals surface area contributed by atoms with Crippen LogP contribution in [0.5, 0.6) is 0 Å². The van der Waals surface area contributed by atoms with Crippen molar-refractivity contribution in [2.45, 2.75) is 38.5 Å². The zero-order valence-electron chi connectivity index (χ0n) is 13.1. The Morgan fingerprint density at radius 3 is 2.59 bits per heavy atom. The van der Waals surface area contributed by atoms with Crippen LogP contribution >= 0.6 is 35.5 Å². The minimum absolute atomic E-state index is 0. The van der Waals surface area contributed by atoms with Crippen molar-refractivity contribution >= 4 is 40.7 Å². The number of rotatable bonds is 4. The molecule has 0 fully saturated rings. The smallest absolute Gasteiger partial charge is 0.154 e. The van der Waals surface area contributed by atoms with Crippen LogP contribution in [0.3, 0.4) is 0 Å². The fraction of sp³-hybridized carbons (Fsp3) is 0.375. The molecule has 2 N–H and O–H groups in total. The number of benzene rings is 1. The lowest BCUT2D eigenvalue weighted by atomic mass is 10.1. The fourth-order valence-electron chi connectivity index (χ4n) is 1.78. The van der Waals surface area contributed by atoms with Crippen molar-refractivity contribution in [3.63, 3.8) is 0 Å². The van der Waals surface area contributed by atoms with E-state index in [4.69, 9.17) is 5.73 Å². The number of halogens is 1. The van der Waals surface area contributed by atoms with Crippen molar-refractivity contribution in [2.24, 2.45) is 10.7 Å². The van der Waals surface area contributed by atoms with Gasteiger partial charge in [-0.1, -0.05) is 42.1 Å². The van der Waals surface area contributed by atoms with Gasteiger partial charge in [-0.2, -0.15) is 0 Å². The standard InChI is InChI=1S/C16H21N3S2.ClH/c1-16(2,3)19-15(17)21-11-13-10-20-14(18-13)9-12-7-5-4-6-8-12;/h4-8,10H,9,11H2,1-3H3,(H2,17,19);1H. The van der Waals surface area contributed by atoms with E-state index in [-0.39, 0.29) is 17.9 Å². The number of aromatic nitrogens is 1. The Bertz CT molecular complexity index is 603.